The highest BCUT2D eigenvalue weighted by Crippen LogP contribution is 2.37. The topological polar surface area (TPSA) is 110 Å². The van der Waals surface area contributed by atoms with Gasteiger partial charge in [-0.15, -0.1) is 0 Å². The van der Waals surface area contributed by atoms with Gasteiger partial charge in [0.15, 0.2) is 23.0 Å². The number of anilines is 2. The second-order valence-electron chi connectivity index (χ2n) is 18.8. The normalized spacial score (nSPS) is 17.8. The number of benzene rings is 5. The van der Waals surface area contributed by atoms with Crippen LogP contribution >= 0.6 is 15.9 Å². The predicted molar refractivity (Wildman–Crippen MR) is 279 cm³/mol. The van der Waals surface area contributed by atoms with Gasteiger partial charge in [0.25, 0.3) is 11.8 Å². The van der Waals surface area contributed by atoms with Gasteiger partial charge in [-0.3, -0.25) is 19.4 Å². The van der Waals surface area contributed by atoms with E-state index >= 15 is 0 Å². The van der Waals surface area contributed by atoms with E-state index in [1.54, 1.807) is 77.8 Å². The highest BCUT2D eigenvalue weighted by molar-refractivity contribution is 9.10. The van der Waals surface area contributed by atoms with Crippen LogP contribution in [0.15, 0.2) is 114 Å². The van der Waals surface area contributed by atoms with Crippen LogP contribution in [0.1, 0.15) is 89.4 Å². The molecule has 0 bridgehead atoms. The molecular formula is C57H67BrN4O8. The molecule has 4 fully saturated rings. The molecule has 2 unspecified atom stereocenters. The van der Waals surface area contributed by atoms with Crippen molar-refractivity contribution in [3.05, 3.63) is 130 Å². The van der Waals surface area contributed by atoms with Crippen LogP contribution in [0.25, 0.3) is 11.1 Å². The van der Waals surface area contributed by atoms with Gasteiger partial charge in [-0.2, -0.15) is 0 Å². The molecule has 5 aromatic rings. The standard InChI is InChI=1S/C33H38N2O5.C24H29BrN2O3/c1-4-40-33(37)25-14-12-24(13-15-25)26-7-5-8-28(19-26)35(22-29-9-6-18-34(29)21-23-10-11-23)32(36)27-16-17-30(38-2)31(20-27)39-3;1-29-22-11-10-18(13-23(22)30-2)24(28)27(20-6-3-5-19(25)14-20)16-21-7-4-12-26(21)15-17-8-9-17/h5,7-8,12-17,19-20,23,29H,4,6,9-11,18,21-22H2,1-3H3;3,5-6,10-11,13-14,17,21H,4,7-9,12,15-16H2,1-2H3. The fourth-order valence-electron chi connectivity index (χ4n) is 9.74. The number of carbonyl (C=O) groups is 3. The van der Waals surface area contributed by atoms with Crippen LogP contribution in [0.5, 0.6) is 23.0 Å². The van der Waals surface area contributed by atoms with Crippen LogP contribution in [0.4, 0.5) is 11.4 Å². The van der Waals surface area contributed by atoms with Crippen LogP contribution in [-0.2, 0) is 4.74 Å². The van der Waals surface area contributed by atoms with Gasteiger partial charge in [0.05, 0.1) is 40.6 Å². The number of ether oxygens (including phenoxy) is 5. The number of esters is 1. The average Bonchev–Trinajstić information content (AvgIpc) is 4.31. The van der Waals surface area contributed by atoms with Crippen LogP contribution in [-0.4, -0.2) is 114 Å². The summed E-state index contributed by atoms with van der Waals surface area (Å²) in [6.07, 6.45) is 9.90. The molecular weight excluding hydrogens is 949 g/mol. The maximum absolute atomic E-state index is 14.1. The third-order valence-electron chi connectivity index (χ3n) is 13.9. The van der Waals surface area contributed by atoms with E-state index in [4.69, 9.17) is 23.7 Å². The Labute approximate surface area is 421 Å². The Morgan fingerprint density at radius 1 is 0.543 bits per heavy atom. The number of hydrogen-bond donors (Lipinski definition) is 0. The number of halogens is 1. The van der Waals surface area contributed by atoms with Crippen LogP contribution < -0.4 is 28.7 Å². The van der Waals surface area contributed by atoms with Crippen molar-refractivity contribution >= 4 is 45.1 Å². The van der Waals surface area contributed by atoms with Crippen molar-refractivity contribution in [2.75, 3.05) is 84.1 Å². The SMILES string of the molecule is CCOC(=O)c1ccc(-c2cccc(N(CC3CCCN3CC3CC3)C(=O)c3ccc(OC)c(OC)c3)c2)cc1.COc1ccc(C(=O)N(CC2CCCN2CC2CC2)c2cccc(Br)c2)cc1OC. The molecule has 0 spiro atoms. The lowest BCUT2D eigenvalue weighted by atomic mass is 10.0. The fraction of sp³-hybridized carbons (Fsp3) is 0.421. The summed E-state index contributed by atoms with van der Waals surface area (Å²) in [5.74, 6) is 3.53. The molecule has 2 heterocycles. The largest absolute Gasteiger partial charge is 0.493 e. The summed E-state index contributed by atoms with van der Waals surface area (Å²) < 4.78 is 27.7. The number of amides is 2. The summed E-state index contributed by atoms with van der Waals surface area (Å²) in [7, 11) is 6.36. The van der Waals surface area contributed by atoms with Crippen LogP contribution in [0.3, 0.4) is 0 Å². The molecule has 4 aliphatic rings. The zero-order valence-electron chi connectivity index (χ0n) is 41.2. The van der Waals surface area contributed by atoms with Crippen molar-refractivity contribution in [1.82, 2.24) is 9.80 Å². The van der Waals surface area contributed by atoms with Crippen molar-refractivity contribution < 1.29 is 38.1 Å². The Balaban J connectivity index is 0.000000196. The maximum Gasteiger partial charge on any atom is 0.338 e. The van der Waals surface area contributed by atoms with Gasteiger partial charge in [-0.1, -0.05) is 46.3 Å². The highest BCUT2D eigenvalue weighted by Gasteiger charge is 2.35. The number of likely N-dealkylation sites (tertiary alicyclic amines) is 2. The second-order valence-corrected chi connectivity index (χ2v) is 19.7. The first-order chi connectivity index (χ1) is 34.1. The molecule has 13 heteroatoms. The van der Waals surface area contributed by atoms with Gasteiger partial charge < -0.3 is 33.5 Å². The number of rotatable bonds is 19. The Morgan fingerprint density at radius 3 is 1.47 bits per heavy atom. The van der Waals surface area contributed by atoms with Crippen molar-refractivity contribution in [1.29, 1.82) is 0 Å². The predicted octanol–water partition coefficient (Wildman–Crippen LogP) is 11.1. The number of carbonyl (C=O) groups excluding carboxylic acids is 3. The fourth-order valence-corrected chi connectivity index (χ4v) is 10.1. The summed E-state index contributed by atoms with van der Waals surface area (Å²) in [5, 5.41) is 0. The summed E-state index contributed by atoms with van der Waals surface area (Å²) in [5.41, 5.74) is 5.34. The van der Waals surface area contributed by atoms with Gasteiger partial charge in [-0.25, -0.2) is 4.79 Å². The zero-order chi connectivity index (χ0) is 49.1. The molecule has 70 heavy (non-hydrogen) atoms. The van der Waals surface area contributed by atoms with E-state index in [0.717, 1.165) is 77.7 Å². The van der Waals surface area contributed by atoms with Crippen molar-refractivity contribution in [2.24, 2.45) is 11.8 Å². The van der Waals surface area contributed by atoms with E-state index in [1.165, 1.54) is 38.6 Å². The first-order valence-corrected chi connectivity index (χ1v) is 25.6. The number of methoxy groups -OCH3 is 4. The summed E-state index contributed by atoms with van der Waals surface area (Å²) in [6, 6.07) is 34.8. The van der Waals surface area contributed by atoms with E-state index < -0.39 is 0 Å². The van der Waals surface area contributed by atoms with Crippen LogP contribution in [0.2, 0.25) is 0 Å². The number of nitrogens with zero attached hydrogens (tertiary/aromatic N) is 4. The molecule has 0 N–H and O–H groups in total. The van der Waals surface area contributed by atoms with Gasteiger partial charge >= 0.3 is 5.97 Å². The van der Waals surface area contributed by atoms with Crippen molar-refractivity contribution in [3.63, 3.8) is 0 Å². The smallest absolute Gasteiger partial charge is 0.338 e. The summed E-state index contributed by atoms with van der Waals surface area (Å²) >= 11 is 3.56. The zero-order valence-corrected chi connectivity index (χ0v) is 42.8. The third-order valence-corrected chi connectivity index (χ3v) is 14.4. The minimum Gasteiger partial charge on any atom is -0.493 e. The first-order valence-electron chi connectivity index (χ1n) is 24.8. The lowest BCUT2D eigenvalue weighted by Crippen LogP contribution is -2.44. The molecule has 5 aromatic carbocycles. The van der Waals surface area contributed by atoms with E-state index in [1.807, 2.05) is 70.5 Å². The molecule has 2 aliphatic heterocycles. The van der Waals surface area contributed by atoms with Crippen molar-refractivity contribution in [3.8, 4) is 34.1 Å². The lowest BCUT2D eigenvalue weighted by molar-refractivity contribution is 0.0526. The summed E-state index contributed by atoms with van der Waals surface area (Å²) in [4.78, 5) is 48.9. The lowest BCUT2D eigenvalue weighted by Gasteiger charge is -2.31. The van der Waals surface area contributed by atoms with Gasteiger partial charge in [-0.05, 0) is 173 Å². The minimum absolute atomic E-state index is 0.0210. The first kappa shape index (κ1) is 50.5. The highest BCUT2D eigenvalue weighted by atomic mass is 79.9. The Hall–Kier alpha value is -5.89. The van der Waals surface area contributed by atoms with Gasteiger partial charge in [0, 0.05) is 65.2 Å². The van der Waals surface area contributed by atoms with E-state index in [-0.39, 0.29) is 17.8 Å². The van der Waals surface area contributed by atoms with E-state index in [0.29, 0.717) is 71.5 Å². The molecule has 2 atom stereocenters. The molecule has 0 aromatic heterocycles. The number of hydrogen-bond acceptors (Lipinski definition) is 10. The molecule has 12 nitrogen and oxygen atoms in total. The maximum atomic E-state index is 14.1. The molecule has 2 saturated heterocycles. The van der Waals surface area contributed by atoms with Crippen molar-refractivity contribution in [2.45, 2.75) is 70.4 Å². The molecule has 0 radical (unpaired) electrons. The molecule has 9 rings (SSSR count). The molecule has 370 valence electrons. The van der Waals surface area contributed by atoms with Gasteiger partial charge in [0.1, 0.15) is 0 Å². The molecule has 2 amide bonds. The molecule has 2 aliphatic carbocycles. The monoisotopic (exact) mass is 1010 g/mol. The Bertz CT molecular complexity index is 2580. The Morgan fingerprint density at radius 2 is 1.01 bits per heavy atom. The van der Waals surface area contributed by atoms with E-state index in [9.17, 15) is 14.4 Å². The minimum atomic E-state index is -0.332. The third kappa shape index (κ3) is 12.7. The molecule has 2 saturated carbocycles. The summed E-state index contributed by atoms with van der Waals surface area (Å²) in [6.45, 7) is 7.96. The quantitative estimate of drug-likeness (QED) is 0.0742. The average molecular weight is 1020 g/mol. The van der Waals surface area contributed by atoms with Gasteiger partial charge in [0.2, 0.25) is 0 Å². The van der Waals surface area contributed by atoms with Crippen LogP contribution in [0, 0.1) is 11.8 Å². The second kappa shape index (κ2) is 23.8. The Kier molecular flexibility index (Phi) is 17.2. The van der Waals surface area contributed by atoms with E-state index in [2.05, 4.69) is 31.8 Å².